The molecule has 0 bridgehead atoms. The maximum atomic E-state index is 11.9. The van der Waals surface area contributed by atoms with Gasteiger partial charge in [-0.05, 0) is 105 Å². The van der Waals surface area contributed by atoms with Crippen LogP contribution in [0.4, 0.5) is 0 Å². The lowest BCUT2D eigenvalue weighted by atomic mass is 9.46. The number of hydrogen-bond donors (Lipinski definition) is 1. The molecule has 0 aliphatic heterocycles. The minimum absolute atomic E-state index is 0.0261. The van der Waals surface area contributed by atoms with Gasteiger partial charge in [0.1, 0.15) is 0 Å². The van der Waals surface area contributed by atoms with Crippen molar-refractivity contribution < 1.29 is 14.6 Å². The van der Waals surface area contributed by atoms with Crippen molar-refractivity contribution in [2.24, 2.45) is 40.4 Å². The number of rotatable bonds is 5. The predicted octanol–water partition coefficient (Wildman–Crippen LogP) is 5.91. The molecule has 4 rings (SSSR count). The fraction of sp³-hybridized carbons (Fsp3) is 0.885. The van der Waals surface area contributed by atoms with E-state index in [2.05, 4.69) is 26.8 Å². The van der Waals surface area contributed by atoms with Crippen LogP contribution in [0.25, 0.3) is 0 Å². The largest absolute Gasteiger partial charge is 0.466 e. The zero-order chi connectivity index (χ0) is 20.8. The van der Waals surface area contributed by atoms with Crippen molar-refractivity contribution in [1.29, 1.82) is 0 Å². The average molecular weight is 403 g/mol. The lowest BCUT2D eigenvalue weighted by molar-refractivity contribution is -0.143. The average Bonchev–Trinajstić information content (AvgIpc) is 3.04. The zero-order valence-corrected chi connectivity index (χ0v) is 19.1. The van der Waals surface area contributed by atoms with Gasteiger partial charge in [0.15, 0.2) is 0 Å². The molecule has 3 heteroatoms. The smallest absolute Gasteiger partial charge is 0.305 e. The Balaban J connectivity index is 1.47. The first-order valence-corrected chi connectivity index (χ1v) is 12.3. The Morgan fingerprint density at radius 1 is 1.17 bits per heavy atom. The van der Waals surface area contributed by atoms with Gasteiger partial charge in [0, 0.05) is 6.42 Å². The number of esters is 1. The van der Waals surface area contributed by atoms with Crippen LogP contribution in [-0.2, 0) is 9.53 Å². The normalized spacial score (nSPS) is 44.9. The van der Waals surface area contributed by atoms with Gasteiger partial charge >= 0.3 is 5.97 Å². The Hall–Kier alpha value is -0.830. The van der Waals surface area contributed by atoms with Crippen LogP contribution in [0, 0.1) is 40.4 Å². The molecule has 3 saturated carbocycles. The van der Waals surface area contributed by atoms with Crippen LogP contribution in [0.1, 0.15) is 91.9 Å². The summed E-state index contributed by atoms with van der Waals surface area (Å²) in [5.41, 5.74) is 2.34. The van der Waals surface area contributed by atoms with E-state index in [1.807, 2.05) is 6.92 Å². The van der Waals surface area contributed by atoms with Crippen LogP contribution in [0.2, 0.25) is 0 Å². The summed E-state index contributed by atoms with van der Waals surface area (Å²) in [5, 5.41) is 10.2. The van der Waals surface area contributed by atoms with Crippen molar-refractivity contribution in [3.05, 3.63) is 11.6 Å². The van der Waals surface area contributed by atoms with Gasteiger partial charge in [-0.1, -0.05) is 32.4 Å². The highest BCUT2D eigenvalue weighted by atomic mass is 16.5. The van der Waals surface area contributed by atoms with E-state index in [0.717, 1.165) is 36.5 Å². The molecule has 0 aromatic carbocycles. The fourth-order valence-electron chi connectivity index (χ4n) is 8.47. The van der Waals surface area contributed by atoms with Gasteiger partial charge in [-0.15, -0.1) is 0 Å². The summed E-state index contributed by atoms with van der Waals surface area (Å²) in [7, 11) is 0. The highest BCUT2D eigenvalue weighted by Gasteiger charge is 2.59. The lowest BCUT2D eigenvalue weighted by Crippen LogP contribution is -2.51. The fourth-order valence-corrected chi connectivity index (χ4v) is 8.47. The van der Waals surface area contributed by atoms with E-state index >= 15 is 0 Å². The topological polar surface area (TPSA) is 46.5 Å². The molecule has 4 aliphatic rings. The Labute approximate surface area is 177 Å². The first-order valence-electron chi connectivity index (χ1n) is 12.3. The van der Waals surface area contributed by atoms with Crippen LogP contribution < -0.4 is 0 Å². The molecule has 29 heavy (non-hydrogen) atoms. The number of aliphatic hydroxyl groups excluding tert-OH is 1. The number of carbonyl (C=O) groups is 1. The van der Waals surface area contributed by atoms with E-state index < -0.39 is 0 Å². The summed E-state index contributed by atoms with van der Waals surface area (Å²) in [4.78, 5) is 11.9. The third kappa shape index (κ3) is 3.60. The van der Waals surface area contributed by atoms with Crippen LogP contribution in [0.5, 0.6) is 0 Å². The Morgan fingerprint density at radius 2 is 1.97 bits per heavy atom. The number of ether oxygens (including phenoxy) is 1. The van der Waals surface area contributed by atoms with Crippen molar-refractivity contribution in [2.45, 2.75) is 98.0 Å². The second kappa shape index (κ2) is 8.02. The van der Waals surface area contributed by atoms with Gasteiger partial charge in [-0.2, -0.15) is 0 Å². The van der Waals surface area contributed by atoms with E-state index in [4.69, 9.17) is 4.74 Å². The minimum atomic E-state index is -0.209. The summed E-state index contributed by atoms with van der Waals surface area (Å²) in [6.07, 6.45) is 13.6. The van der Waals surface area contributed by atoms with Gasteiger partial charge in [-0.3, -0.25) is 4.79 Å². The molecule has 0 amide bonds. The Bertz CT molecular complexity index is 654. The maximum absolute atomic E-state index is 11.9. The van der Waals surface area contributed by atoms with Crippen molar-refractivity contribution in [1.82, 2.24) is 0 Å². The number of carbonyl (C=O) groups excluding carboxylic acids is 1. The van der Waals surface area contributed by atoms with E-state index in [1.165, 1.54) is 44.9 Å². The number of allylic oxidation sites excluding steroid dienone is 1. The molecule has 1 N–H and O–H groups in total. The van der Waals surface area contributed by atoms with Crippen LogP contribution >= 0.6 is 0 Å². The molecule has 0 heterocycles. The highest BCUT2D eigenvalue weighted by Crippen LogP contribution is 2.67. The van der Waals surface area contributed by atoms with Gasteiger partial charge < -0.3 is 9.84 Å². The minimum Gasteiger partial charge on any atom is -0.466 e. The Kier molecular flexibility index (Phi) is 5.92. The SMILES string of the molecule is CCOC(=O)CC[C@H](C)[C@@H]1CC[C@@H]2[C@@H]3CCC4=C[C@H](O)CC[C@]4(C)[C@H]3CC[C@@]21C. The molecule has 0 unspecified atom stereocenters. The van der Waals surface area contributed by atoms with Crippen molar-refractivity contribution in [3.63, 3.8) is 0 Å². The van der Waals surface area contributed by atoms with E-state index in [0.29, 0.717) is 29.8 Å². The van der Waals surface area contributed by atoms with E-state index in [-0.39, 0.29) is 12.1 Å². The monoisotopic (exact) mass is 402 g/mol. The third-order valence-electron chi connectivity index (χ3n) is 9.96. The third-order valence-corrected chi connectivity index (χ3v) is 9.96. The molecule has 3 nitrogen and oxygen atoms in total. The van der Waals surface area contributed by atoms with Crippen LogP contribution in [-0.4, -0.2) is 23.8 Å². The molecule has 3 fully saturated rings. The first kappa shape index (κ1) is 21.4. The van der Waals surface area contributed by atoms with E-state index in [9.17, 15) is 9.90 Å². The second-order valence-electron chi connectivity index (χ2n) is 11.2. The number of hydrogen-bond acceptors (Lipinski definition) is 3. The van der Waals surface area contributed by atoms with Crippen molar-refractivity contribution >= 4 is 5.97 Å². The van der Waals surface area contributed by atoms with Gasteiger partial charge in [0.25, 0.3) is 0 Å². The molecule has 0 aromatic rings. The molecular weight excluding hydrogens is 360 g/mol. The van der Waals surface area contributed by atoms with Gasteiger partial charge in [0.2, 0.25) is 0 Å². The van der Waals surface area contributed by atoms with Gasteiger partial charge in [-0.25, -0.2) is 0 Å². The van der Waals surface area contributed by atoms with Crippen molar-refractivity contribution in [3.8, 4) is 0 Å². The predicted molar refractivity (Wildman–Crippen MR) is 116 cm³/mol. The summed E-state index contributed by atoms with van der Waals surface area (Å²) in [6, 6.07) is 0. The lowest BCUT2D eigenvalue weighted by Gasteiger charge is -2.59. The molecule has 0 radical (unpaired) electrons. The van der Waals surface area contributed by atoms with Crippen molar-refractivity contribution in [2.75, 3.05) is 6.61 Å². The summed E-state index contributed by atoms with van der Waals surface area (Å²) < 4.78 is 5.16. The maximum Gasteiger partial charge on any atom is 0.305 e. The van der Waals surface area contributed by atoms with Gasteiger partial charge in [0.05, 0.1) is 12.7 Å². The molecule has 164 valence electrons. The molecular formula is C26H42O3. The zero-order valence-electron chi connectivity index (χ0n) is 19.1. The summed E-state index contributed by atoms with van der Waals surface area (Å²) >= 11 is 0. The summed E-state index contributed by atoms with van der Waals surface area (Å²) in [6.45, 7) is 9.87. The van der Waals surface area contributed by atoms with Crippen LogP contribution in [0.3, 0.4) is 0 Å². The molecule has 0 aromatic heterocycles. The number of aliphatic hydroxyl groups is 1. The van der Waals surface area contributed by atoms with Crippen LogP contribution in [0.15, 0.2) is 11.6 Å². The Morgan fingerprint density at radius 3 is 2.72 bits per heavy atom. The number of fused-ring (bicyclic) bond motifs is 5. The molecule has 0 saturated heterocycles. The summed E-state index contributed by atoms with van der Waals surface area (Å²) in [5.74, 6) is 3.84. The molecule has 0 spiro atoms. The molecule has 4 aliphatic carbocycles. The van der Waals surface area contributed by atoms with E-state index in [1.54, 1.807) is 5.57 Å². The highest BCUT2D eigenvalue weighted by molar-refractivity contribution is 5.69. The quantitative estimate of drug-likeness (QED) is 0.459. The first-order chi connectivity index (χ1) is 13.8. The standard InChI is InChI=1S/C26H42O3/c1-5-29-24(28)11-6-17(2)21-9-10-22-20-8-7-18-16-19(27)12-14-25(18,3)23(20)13-15-26(21,22)4/h16-17,19-23,27H,5-15H2,1-4H3/t17-,19+,20-,21-,22+,23-,25-,26+/m0/s1. The second-order valence-corrected chi connectivity index (χ2v) is 11.2. The molecule has 8 atom stereocenters.